The molecule has 0 saturated heterocycles. The van der Waals surface area contributed by atoms with E-state index < -0.39 is 8.07 Å². The van der Waals surface area contributed by atoms with Crippen LogP contribution in [0, 0.1) is 0 Å². The predicted molar refractivity (Wildman–Crippen MR) is 66.9 cm³/mol. The lowest BCUT2D eigenvalue weighted by atomic mass is 11.2. The Morgan fingerprint density at radius 3 is 1.62 bits per heavy atom. The maximum absolute atomic E-state index is 5.10. The van der Waals surface area contributed by atoms with E-state index in [2.05, 4.69) is 35.9 Å². The first-order chi connectivity index (χ1) is 6.12. The van der Waals surface area contributed by atoms with Gasteiger partial charge < -0.3 is 8.85 Å². The van der Waals surface area contributed by atoms with Gasteiger partial charge in [-0.15, -0.1) is 0 Å². The van der Waals surface area contributed by atoms with Gasteiger partial charge in [0.1, 0.15) is 0 Å². The van der Waals surface area contributed by atoms with Gasteiger partial charge in [-0.1, -0.05) is 35.9 Å². The summed E-state index contributed by atoms with van der Waals surface area (Å²) in [5.74, 6) is 0. The smallest absolute Gasteiger partial charge is 0.183 e. The number of rotatable bonds is 6. The van der Waals surface area contributed by atoms with E-state index in [4.69, 9.17) is 8.85 Å². The molecular formula is C8H20O2Si3. The summed E-state index contributed by atoms with van der Waals surface area (Å²) < 4.78 is 10.2. The van der Waals surface area contributed by atoms with Gasteiger partial charge in [0.2, 0.25) is 0 Å². The van der Waals surface area contributed by atoms with Gasteiger partial charge in [-0.3, -0.25) is 0 Å². The highest BCUT2D eigenvalue weighted by molar-refractivity contribution is 6.87. The first-order valence-corrected chi connectivity index (χ1v) is 10.4. The molecule has 0 amide bonds. The Balaban J connectivity index is 3.91. The molecule has 0 fully saturated rings. The minimum Gasteiger partial charge on any atom is -0.422 e. The first kappa shape index (κ1) is 13.1. The third-order valence-electron chi connectivity index (χ3n) is 1.62. The fraction of sp³-hybridized carbons (Fsp3) is 0.500. The van der Waals surface area contributed by atoms with Crippen molar-refractivity contribution in [3.05, 3.63) is 22.8 Å². The summed E-state index contributed by atoms with van der Waals surface area (Å²) in [5.41, 5.74) is 9.18. The van der Waals surface area contributed by atoms with Crippen molar-refractivity contribution < 1.29 is 8.85 Å². The fourth-order valence-electron chi connectivity index (χ4n) is 0.952. The van der Waals surface area contributed by atoms with Gasteiger partial charge in [0.15, 0.2) is 19.5 Å². The van der Waals surface area contributed by atoms with E-state index in [1.54, 1.807) is 14.2 Å². The maximum Gasteiger partial charge on any atom is 0.183 e. The molecular weight excluding hydrogens is 212 g/mol. The van der Waals surface area contributed by atoms with Crippen LogP contribution in [0.5, 0.6) is 0 Å². The second-order valence-electron chi connectivity index (χ2n) is 3.54. The number of hydrogen-bond acceptors (Lipinski definition) is 2. The zero-order valence-corrected chi connectivity index (χ0v) is 12.9. The average molecular weight is 233 g/mol. The molecule has 0 aliphatic rings. The highest BCUT2D eigenvalue weighted by Crippen LogP contribution is 2.04. The molecule has 0 atom stereocenters. The maximum atomic E-state index is 5.10. The van der Waals surface area contributed by atoms with Gasteiger partial charge >= 0.3 is 0 Å². The molecule has 0 saturated carbocycles. The molecule has 0 aromatic rings. The molecule has 0 aromatic heterocycles. The summed E-state index contributed by atoms with van der Waals surface area (Å²) in [4.78, 5) is 0. The Labute approximate surface area is 86.9 Å². The highest BCUT2D eigenvalue weighted by Gasteiger charge is 2.10. The van der Waals surface area contributed by atoms with Gasteiger partial charge in [0.05, 0.1) is 8.07 Å². The zero-order chi connectivity index (χ0) is 10.2. The molecule has 0 aromatic carbocycles. The fourth-order valence-corrected chi connectivity index (χ4v) is 7.08. The Morgan fingerprint density at radius 1 is 0.923 bits per heavy atom. The molecule has 2 nitrogen and oxygen atoms in total. The van der Waals surface area contributed by atoms with E-state index in [-0.39, 0.29) is 19.5 Å². The lowest BCUT2D eigenvalue weighted by molar-refractivity contribution is 0.449. The van der Waals surface area contributed by atoms with E-state index in [0.717, 1.165) is 0 Å². The SMILES string of the molecule is CO[SiH2]C=C[Si](C)(C)C=C[SiH2]OC. The van der Waals surface area contributed by atoms with Crippen molar-refractivity contribution in [1.29, 1.82) is 0 Å². The lowest BCUT2D eigenvalue weighted by Crippen LogP contribution is -2.20. The summed E-state index contributed by atoms with van der Waals surface area (Å²) in [6, 6.07) is 0. The van der Waals surface area contributed by atoms with Crippen LogP contribution >= 0.6 is 0 Å². The summed E-state index contributed by atoms with van der Waals surface area (Å²) in [7, 11) is 1.55. The van der Waals surface area contributed by atoms with Gasteiger partial charge in [0.25, 0.3) is 0 Å². The Hall–Kier alpha value is 0.0506. The Kier molecular flexibility index (Phi) is 7.48. The van der Waals surface area contributed by atoms with Crippen molar-refractivity contribution in [2.24, 2.45) is 0 Å². The van der Waals surface area contributed by atoms with Crippen LogP contribution in [-0.2, 0) is 8.85 Å². The van der Waals surface area contributed by atoms with Gasteiger partial charge in [0, 0.05) is 14.2 Å². The molecule has 13 heavy (non-hydrogen) atoms. The largest absolute Gasteiger partial charge is 0.422 e. The molecule has 0 aliphatic carbocycles. The molecule has 0 heterocycles. The third kappa shape index (κ3) is 8.38. The second kappa shape index (κ2) is 7.45. The van der Waals surface area contributed by atoms with Crippen LogP contribution in [0.3, 0.4) is 0 Å². The van der Waals surface area contributed by atoms with Crippen LogP contribution < -0.4 is 0 Å². The van der Waals surface area contributed by atoms with Gasteiger partial charge in [-0.05, 0) is 0 Å². The molecule has 0 rings (SSSR count). The first-order valence-electron chi connectivity index (χ1n) is 4.45. The van der Waals surface area contributed by atoms with Crippen LogP contribution in [0.4, 0.5) is 0 Å². The quantitative estimate of drug-likeness (QED) is 0.612. The van der Waals surface area contributed by atoms with Crippen molar-refractivity contribution >= 4 is 27.6 Å². The third-order valence-corrected chi connectivity index (χ3v) is 6.28. The minimum atomic E-state index is -1.23. The minimum absolute atomic E-state index is 0.386. The van der Waals surface area contributed by atoms with Crippen LogP contribution in [-0.4, -0.2) is 41.8 Å². The van der Waals surface area contributed by atoms with E-state index in [1.807, 2.05) is 0 Å². The van der Waals surface area contributed by atoms with Crippen molar-refractivity contribution in [1.82, 2.24) is 0 Å². The van der Waals surface area contributed by atoms with Crippen LogP contribution in [0.25, 0.3) is 0 Å². The zero-order valence-electron chi connectivity index (χ0n) is 9.04. The molecule has 0 aliphatic heterocycles. The van der Waals surface area contributed by atoms with Crippen LogP contribution in [0.1, 0.15) is 0 Å². The number of hydrogen-bond donors (Lipinski definition) is 0. The standard InChI is InChI=1S/C8H20O2Si3/c1-9-11-5-7-13(3,4)8-6-12-10-2/h5-8H,11-12H2,1-4H3. The van der Waals surface area contributed by atoms with Crippen LogP contribution in [0.15, 0.2) is 22.8 Å². The molecule has 5 heteroatoms. The second-order valence-corrected chi connectivity index (χ2v) is 10.6. The van der Waals surface area contributed by atoms with E-state index in [9.17, 15) is 0 Å². The molecule has 0 spiro atoms. The Bertz CT molecular complexity index is 160. The molecule has 0 radical (unpaired) electrons. The molecule has 0 unspecified atom stereocenters. The monoisotopic (exact) mass is 232 g/mol. The molecule has 76 valence electrons. The van der Waals surface area contributed by atoms with Crippen molar-refractivity contribution in [2.75, 3.05) is 14.2 Å². The summed E-state index contributed by atoms with van der Waals surface area (Å²) in [6.45, 7) is 4.66. The normalized spacial score (nSPS) is 15.1. The van der Waals surface area contributed by atoms with Crippen molar-refractivity contribution in [3.8, 4) is 0 Å². The highest BCUT2D eigenvalue weighted by atomic mass is 28.3. The van der Waals surface area contributed by atoms with Gasteiger partial charge in [-0.25, -0.2) is 0 Å². The van der Waals surface area contributed by atoms with Gasteiger partial charge in [-0.2, -0.15) is 0 Å². The summed E-state index contributed by atoms with van der Waals surface area (Å²) >= 11 is 0. The lowest BCUT2D eigenvalue weighted by Gasteiger charge is -2.10. The molecule has 0 bridgehead atoms. The van der Waals surface area contributed by atoms with Crippen molar-refractivity contribution in [2.45, 2.75) is 13.1 Å². The predicted octanol–water partition coefficient (Wildman–Crippen LogP) is 0.261. The summed E-state index contributed by atoms with van der Waals surface area (Å²) in [5, 5.41) is 0. The Morgan fingerprint density at radius 2 is 1.31 bits per heavy atom. The van der Waals surface area contributed by atoms with Crippen LogP contribution in [0.2, 0.25) is 13.1 Å². The topological polar surface area (TPSA) is 18.5 Å². The van der Waals surface area contributed by atoms with E-state index in [1.165, 1.54) is 0 Å². The van der Waals surface area contributed by atoms with Crippen molar-refractivity contribution in [3.63, 3.8) is 0 Å². The molecule has 0 N–H and O–H groups in total. The van der Waals surface area contributed by atoms with E-state index in [0.29, 0.717) is 0 Å². The average Bonchev–Trinajstić information content (AvgIpc) is 2.05. The van der Waals surface area contributed by atoms with E-state index >= 15 is 0 Å². The summed E-state index contributed by atoms with van der Waals surface area (Å²) in [6.07, 6.45) is 0.